The molecule has 5 rings (SSSR count). The van der Waals surface area contributed by atoms with Crippen molar-refractivity contribution in [1.82, 2.24) is 10.2 Å². The third-order valence-corrected chi connectivity index (χ3v) is 5.95. The first-order valence-electron chi connectivity index (χ1n) is 9.95. The first-order chi connectivity index (χ1) is 12.7. The van der Waals surface area contributed by atoms with Crippen molar-refractivity contribution in [2.24, 2.45) is 5.92 Å². The molecule has 3 heteroatoms. The van der Waals surface area contributed by atoms with Crippen LogP contribution >= 0.6 is 0 Å². The Hall–Kier alpha value is -2.13. The van der Waals surface area contributed by atoms with Crippen molar-refractivity contribution in [3.8, 4) is 11.1 Å². The molecule has 2 bridgehead atoms. The summed E-state index contributed by atoms with van der Waals surface area (Å²) in [5.41, 5.74) is 4.50. The molecule has 2 aromatic carbocycles. The van der Waals surface area contributed by atoms with Crippen LogP contribution in [0.5, 0.6) is 0 Å². The first-order valence-corrected chi connectivity index (χ1v) is 9.95. The summed E-state index contributed by atoms with van der Waals surface area (Å²) in [6, 6.07) is 17.1. The maximum absolute atomic E-state index is 12.6. The number of nitrogens with one attached hydrogen (secondary N) is 1. The highest BCUT2D eigenvalue weighted by atomic mass is 16.1. The zero-order chi connectivity index (χ0) is 17.9. The van der Waals surface area contributed by atoms with Gasteiger partial charge in [0, 0.05) is 18.2 Å². The van der Waals surface area contributed by atoms with Gasteiger partial charge in [-0.2, -0.15) is 0 Å². The van der Waals surface area contributed by atoms with Gasteiger partial charge in [-0.25, -0.2) is 0 Å². The molecular weight excluding hydrogens is 320 g/mol. The Morgan fingerprint density at radius 1 is 1.00 bits per heavy atom. The number of piperidine rings is 3. The highest BCUT2D eigenvalue weighted by Gasteiger charge is 2.34. The summed E-state index contributed by atoms with van der Waals surface area (Å²) in [5.74, 6) is 0.721. The molecular formula is C23H28N2O. The molecule has 3 aliphatic heterocycles. The van der Waals surface area contributed by atoms with Crippen molar-refractivity contribution in [3.05, 3.63) is 59.7 Å². The van der Waals surface area contributed by atoms with E-state index in [2.05, 4.69) is 53.5 Å². The second-order valence-electron chi connectivity index (χ2n) is 7.74. The van der Waals surface area contributed by atoms with Crippen LogP contribution in [0.15, 0.2) is 48.5 Å². The molecule has 0 aromatic heterocycles. The molecule has 3 nitrogen and oxygen atoms in total. The molecule has 1 N–H and O–H groups in total. The van der Waals surface area contributed by atoms with E-state index in [0.29, 0.717) is 12.0 Å². The minimum atomic E-state index is 0.0635. The van der Waals surface area contributed by atoms with Gasteiger partial charge in [-0.05, 0) is 67.1 Å². The Bertz CT molecular complexity index is 743. The van der Waals surface area contributed by atoms with Crippen LogP contribution in [0.3, 0.4) is 0 Å². The number of amides is 1. The van der Waals surface area contributed by atoms with Crippen LogP contribution in [0.2, 0.25) is 0 Å². The third kappa shape index (κ3) is 3.68. The Kier molecular flexibility index (Phi) is 5.07. The molecule has 0 aliphatic carbocycles. The SMILES string of the molecule is CCCc1ccc(-c2ccc(C(=O)NC3CN4CCC3CC4)cc2)cc1. The number of aryl methyl sites for hydroxylation is 1. The smallest absolute Gasteiger partial charge is 0.251 e. The molecule has 1 atom stereocenters. The van der Waals surface area contributed by atoms with Gasteiger partial charge in [0.2, 0.25) is 0 Å². The van der Waals surface area contributed by atoms with Crippen molar-refractivity contribution in [1.29, 1.82) is 0 Å². The van der Waals surface area contributed by atoms with Gasteiger partial charge in [-0.3, -0.25) is 4.79 Å². The van der Waals surface area contributed by atoms with E-state index in [0.717, 1.165) is 24.1 Å². The highest BCUT2D eigenvalue weighted by molar-refractivity contribution is 5.95. The molecule has 3 saturated heterocycles. The van der Waals surface area contributed by atoms with E-state index < -0.39 is 0 Å². The predicted molar refractivity (Wildman–Crippen MR) is 106 cm³/mol. The fraction of sp³-hybridized carbons (Fsp3) is 0.435. The van der Waals surface area contributed by atoms with Crippen molar-refractivity contribution >= 4 is 5.91 Å². The lowest BCUT2D eigenvalue weighted by atomic mass is 9.84. The summed E-state index contributed by atoms with van der Waals surface area (Å²) in [5, 5.41) is 3.27. The summed E-state index contributed by atoms with van der Waals surface area (Å²) < 4.78 is 0. The summed E-state index contributed by atoms with van der Waals surface area (Å²) in [4.78, 5) is 15.1. The number of fused-ring (bicyclic) bond motifs is 3. The van der Waals surface area contributed by atoms with Gasteiger partial charge in [0.05, 0.1) is 0 Å². The molecule has 0 saturated carbocycles. The average Bonchev–Trinajstić information content (AvgIpc) is 2.70. The van der Waals surface area contributed by atoms with Crippen LogP contribution in [-0.2, 0) is 6.42 Å². The summed E-state index contributed by atoms with van der Waals surface area (Å²) >= 11 is 0. The highest BCUT2D eigenvalue weighted by Crippen LogP contribution is 2.28. The maximum Gasteiger partial charge on any atom is 0.251 e. The molecule has 3 heterocycles. The van der Waals surface area contributed by atoms with Gasteiger partial charge < -0.3 is 10.2 Å². The van der Waals surface area contributed by atoms with Crippen LogP contribution in [-0.4, -0.2) is 36.5 Å². The Morgan fingerprint density at radius 3 is 2.15 bits per heavy atom. The molecule has 2 aromatic rings. The zero-order valence-corrected chi connectivity index (χ0v) is 15.6. The molecule has 3 aliphatic rings. The van der Waals surface area contributed by atoms with E-state index in [4.69, 9.17) is 0 Å². The lowest BCUT2D eigenvalue weighted by Gasteiger charge is -2.44. The first kappa shape index (κ1) is 17.3. The molecule has 1 unspecified atom stereocenters. The molecule has 26 heavy (non-hydrogen) atoms. The number of hydrogen-bond donors (Lipinski definition) is 1. The number of benzene rings is 2. The van der Waals surface area contributed by atoms with E-state index in [-0.39, 0.29) is 5.91 Å². The number of carbonyl (C=O) groups excluding carboxylic acids is 1. The molecule has 136 valence electrons. The third-order valence-electron chi connectivity index (χ3n) is 5.95. The zero-order valence-electron chi connectivity index (χ0n) is 15.6. The van der Waals surface area contributed by atoms with E-state index in [1.165, 1.54) is 43.5 Å². The quantitative estimate of drug-likeness (QED) is 0.881. The molecule has 0 radical (unpaired) electrons. The fourth-order valence-electron chi connectivity index (χ4n) is 4.35. The largest absolute Gasteiger partial charge is 0.348 e. The monoisotopic (exact) mass is 348 g/mol. The Morgan fingerprint density at radius 2 is 1.62 bits per heavy atom. The standard InChI is InChI=1S/C23H28N2O/c1-2-3-17-4-6-18(7-5-17)19-8-10-21(11-9-19)23(26)24-22-16-25-14-12-20(22)13-15-25/h4-11,20,22H,2-3,12-16H2,1H3,(H,24,26). The van der Waals surface area contributed by atoms with E-state index >= 15 is 0 Å². The van der Waals surface area contributed by atoms with Crippen molar-refractivity contribution in [2.75, 3.05) is 19.6 Å². The molecule has 3 fully saturated rings. The van der Waals surface area contributed by atoms with E-state index in [9.17, 15) is 4.79 Å². The second kappa shape index (κ2) is 7.63. The van der Waals surface area contributed by atoms with E-state index in [1.54, 1.807) is 0 Å². The van der Waals surface area contributed by atoms with Crippen LogP contribution in [0, 0.1) is 5.92 Å². The van der Waals surface area contributed by atoms with Gasteiger partial charge in [0.25, 0.3) is 5.91 Å². The van der Waals surface area contributed by atoms with Crippen molar-refractivity contribution in [3.63, 3.8) is 0 Å². The van der Waals surface area contributed by atoms with Crippen LogP contribution in [0.1, 0.15) is 42.1 Å². The van der Waals surface area contributed by atoms with Gasteiger partial charge in [-0.15, -0.1) is 0 Å². The number of hydrogen-bond acceptors (Lipinski definition) is 2. The van der Waals surface area contributed by atoms with Gasteiger partial charge >= 0.3 is 0 Å². The lowest BCUT2D eigenvalue weighted by molar-refractivity contribution is 0.0620. The average molecular weight is 348 g/mol. The predicted octanol–water partition coefficient (Wildman–Crippen LogP) is 4.13. The Balaban J connectivity index is 1.41. The Labute approximate surface area is 156 Å². The minimum absolute atomic E-state index is 0.0635. The van der Waals surface area contributed by atoms with Crippen molar-refractivity contribution < 1.29 is 4.79 Å². The number of rotatable bonds is 5. The van der Waals surface area contributed by atoms with E-state index in [1.807, 2.05) is 12.1 Å². The summed E-state index contributed by atoms with van der Waals surface area (Å²) in [6.07, 6.45) is 4.73. The van der Waals surface area contributed by atoms with Gasteiger partial charge in [0.1, 0.15) is 0 Å². The van der Waals surface area contributed by atoms with Crippen molar-refractivity contribution in [2.45, 2.75) is 38.6 Å². The number of carbonyl (C=O) groups is 1. The fourth-order valence-corrected chi connectivity index (χ4v) is 4.35. The van der Waals surface area contributed by atoms with Crippen LogP contribution in [0.4, 0.5) is 0 Å². The van der Waals surface area contributed by atoms with Crippen LogP contribution in [0.25, 0.3) is 11.1 Å². The number of nitrogens with zero attached hydrogens (tertiary/aromatic N) is 1. The topological polar surface area (TPSA) is 32.3 Å². The molecule has 1 amide bonds. The maximum atomic E-state index is 12.6. The summed E-state index contributed by atoms with van der Waals surface area (Å²) in [7, 11) is 0. The molecule has 0 spiro atoms. The summed E-state index contributed by atoms with van der Waals surface area (Å²) in [6.45, 7) is 5.61. The lowest BCUT2D eigenvalue weighted by Crippen LogP contribution is -2.57. The van der Waals surface area contributed by atoms with Crippen LogP contribution < -0.4 is 5.32 Å². The minimum Gasteiger partial charge on any atom is -0.348 e. The second-order valence-corrected chi connectivity index (χ2v) is 7.74. The van der Waals surface area contributed by atoms with Gasteiger partial charge in [0.15, 0.2) is 0 Å². The van der Waals surface area contributed by atoms with Gasteiger partial charge in [-0.1, -0.05) is 49.7 Å². The normalized spacial score (nSPS) is 24.4.